The van der Waals surface area contributed by atoms with Crippen LogP contribution < -0.4 is 9.47 Å². The molecule has 4 rings (SSSR count). The fourth-order valence-corrected chi connectivity index (χ4v) is 5.46. The Bertz CT molecular complexity index is 1050. The molecule has 37 heavy (non-hydrogen) atoms. The number of ether oxygens (including phenoxy) is 2. The maximum atomic E-state index is 14.6. The molecule has 0 radical (unpaired) electrons. The standard InChI is InChI=1S/C31H36F4O2/c1-2-3-20-36-27-16-12-25(13-17-27)24-10-6-22(7-11-24)4-5-23-8-14-26(15-9-23)31(34,35)37-28-18-19-29(32)30(33)21-28/h2-5,12-13,16-19,21-24,26H,6-11,14-15,20H2,1H3/b3-2+,5-4+. The van der Waals surface area contributed by atoms with Crippen molar-refractivity contribution in [3.63, 3.8) is 0 Å². The molecule has 0 atom stereocenters. The van der Waals surface area contributed by atoms with Crippen molar-refractivity contribution in [2.45, 2.75) is 70.3 Å². The first kappa shape index (κ1) is 27.3. The van der Waals surface area contributed by atoms with Crippen LogP contribution in [-0.2, 0) is 0 Å². The Kier molecular flexibility index (Phi) is 9.33. The molecule has 0 aliphatic heterocycles. The molecule has 0 spiro atoms. The highest BCUT2D eigenvalue weighted by molar-refractivity contribution is 5.30. The highest BCUT2D eigenvalue weighted by atomic mass is 19.3. The lowest BCUT2D eigenvalue weighted by Crippen LogP contribution is -2.37. The van der Waals surface area contributed by atoms with Gasteiger partial charge in [-0.15, -0.1) is 0 Å². The molecule has 0 bridgehead atoms. The molecule has 2 aromatic rings. The van der Waals surface area contributed by atoms with Gasteiger partial charge in [-0.3, -0.25) is 0 Å². The average molecular weight is 517 g/mol. The summed E-state index contributed by atoms with van der Waals surface area (Å²) in [5.41, 5.74) is 1.37. The van der Waals surface area contributed by atoms with Crippen LogP contribution in [0.2, 0.25) is 0 Å². The van der Waals surface area contributed by atoms with Crippen LogP contribution in [0.25, 0.3) is 0 Å². The maximum absolute atomic E-state index is 14.6. The van der Waals surface area contributed by atoms with Gasteiger partial charge in [-0.1, -0.05) is 36.4 Å². The number of hydrogen-bond donors (Lipinski definition) is 0. The lowest BCUT2D eigenvalue weighted by Gasteiger charge is -2.32. The van der Waals surface area contributed by atoms with Crippen LogP contribution in [0, 0.1) is 29.4 Å². The summed E-state index contributed by atoms with van der Waals surface area (Å²) >= 11 is 0. The second-order valence-corrected chi connectivity index (χ2v) is 10.3. The zero-order valence-electron chi connectivity index (χ0n) is 21.4. The molecule has 2 fully saturated rings. The molecule has 0 amide bonds. The van der Waals surface area contributed by atoms with Gasteiger partial charge in [-0.2, -0.15) is 8.78 Å². The summed E-state index contributed by atoms with van der Waals surface area (Å²) in [5.74, 6) is -1.27. The van der Waals surface area contributed by atoms with Gasteiger partial charge in [0.1, 0.15) is 18.1 Å². The van der Waals surface area contributed by atoms with Crippen molar-refractivity contribution < 1.29 is 27.0 Å². The van der Waals surface area contributed by atoms with Crippen molar-refractivity contribution in [1.82, 2.24) is 0 Å². The molecule has 2 saturated carbocycles. The first-order valence-electron chi connectivity index (χ1n) is 13.4. The smallest absolute Gasteiger partial charge is 0.400 e. The minimum absolute atomic E-state index is 0.295. The molecular formula is C31H36F4O2. The van der Waals surface area contributed by atoms with E-state index >= 15 is 0 Å². The monoisotopic (exact) mass is 516 g/mol. The summed E-state index contributed by atoms with van der Waals surface area (Å²) in [6.45, 7) is 2.56. The van der Waals surface area contributed by atoms with Gasteiger partial charge in [-0.05, 0) is 106 Å². The SMILES string of the molecule is C/C=C/COc1ccc(C2CCC(/C=C/C3CCC(C(F)(F)Oc4ccc(F)c(F)c4)CC3)CC2)cc1. The first-order chi connectivity index (χ1) is 17.8. The number of hydrogen-bond acceptors (Lipinski definition) is 2. The second kappa shape index (κ2) is 12.7. The fourth-order valence-electron chi connectivity index (χ4n) is 5.46. The Balaban J connectivity index is 1.19. The van der Waals surface area contributed by atoms with E-state index in [1.54, 1.807) is 0 Å². The lowest BCUT2D eigenvalue weighted by molar-refractivity contribution is -0.223. The Morgan fingerprint density at radius 3 is 1.97 bits per heavy atom. The highest BCUT2D eigenvalue weighted by Crippen LogP contribution is 2.41. The largest absolute Gasteiger partial charge is 0.490 e. The normalized spacial score (nSPS) is 25.0. The molecule has 2 aliphatic rings. The van der Waals surface area contributed by atoms with Gasteiger partial charge in [0.15, 0.2) is 11.6 Å². The topological polar surface area (TPSA) is 18.5 Å². The minimum Gasteiger partial charge on any atom is -0.490 e. The Morgan fingerprint density at radius 1 is 0.784 bits per heavy atom. The number of halogens is 4. The van der Waals surface area contributed by atoms with Gasteiger partial charge in [0.2, 0.25) is 0 Å². The molecule has 0 heterocycles. The molecule has 2 nitrogen and oxygen atoms in total. The van der Waals surface area contributed by atoms with Crippen LogP contribution in [0.1, 0.15) is 69.8 Å². The summed E-state index contributed by atoms with van der Waals surface area (Å²) in [6.07, 6.45) is 11.7. The van der Waals surface area contributed by atoms with Gasteiger partial charge in [0.25, 0.3) is 0 Å². The molecule has 200 valence electrons. The van der Waals surface area contributed by atoms with Crippen LogP contribution in [0.15, 0.2) is 66.8 Å². The van der Waals surface area contributed by atoms with Crippen molar-refractivity contribution in [3.8, 4) is 11.5 Å². The highest BCUT2D eigenvalue weighted by Gasteiger charge is 2.43. The fraction of sp³-hybridized carbons (Fsp3) is 0.484. The van der Waals surface area contributed by atoms with E-state index in [0.717, 1.165) is 43.6 Å². The predicted molar refractivity (Wildman–Crippen MR) is 138 cm³/mol. The maximum Gasteiger partial charge on any atom is 0.400 e. The van der Waals surface area contributed by atoms with Gasteiger partial charge in [-0.25, -0.2) is 8.78 Å². The van der Waals surface area contributed by atoms with Crippen LogP contribution in [0.5, 0.6) is 11.5 Å². The van der Waals surface area contributed by atoms with Crippen molar-refractivity contribution in [1.29, 1.82) is 0 Å². The molecule has 2 aromatic carbocycles. The molecule has 0 N–H and O–H groups in total. The molecule has 0 aromatic heterocycles. The molecule has 0 unspecified atom stereocenters. The number of allylic oxidation sites excluding steroid dienone is 3. The quantitative estimate of drug-likeness (QED) is 0.244. The van der Waals surface area contributed by atoms with E-state index in [2.05, 4.69) is 24.3 Å². The van der Waals surface area contributed by atoms with Crippen molar-refractivity contribution in [2.24, 2.45) is 17.8 Å². The van der Waals surface area contributed by atoms with E-state index in [1.165, 1.54) is 5.56 Å². The van der Waals surface area contributed by atoms with E-state index in [4.69, 9.17) is 9.47 Å². The second-order valence-electron chi connectivity index (χ2n) is 10.3. The lowest BCUT2D eigenvalue weighted by atomic mass is 9.77. The Hall–Kier alpha value is -2.76. The van der Waals surface area contributed by atoms with Crippen LogP contribution in [0.3, 0.4) is 0 Å². The summed E-state index contributed by atoms with van der Waals surface area (Å²) in [4.78, 5) is 0. The molecule has 6 heteroatoms. The van der Waals surface area contributed by atoms with Crippen LogP contribution in [-0.4, -0.2) is 12.7 Å². The Morgan fingerprint density at radius 2 is 1.38 bits per heavy atom. The number of alkyl halides is 2. The summed E-state index contributed by atoms with van der Waals surface area (Å²) < 4.78 is 66.1. The van der Waals surface area contributed by atoms with Crippen molar-refractivity contribution in [2.75, 3.05) is 6.61 Å². The first-order valence-corrected chi connectivity index (χ1v) is 13.4. The van der Waals surface area contributed by atoms with Crippen LogP contribution in [0.4, 0.5) is 17.6 Å². The van der Waals surface area contributed by atoms with E-state index in [9.17, 15) is 17.6 Å². The third-order valence-electron chi connectivity index (χ3n) is 7.75. The number of benzene rings is 2. The van der Waals surface area contributed by atoms with Crippen molar-refractivity contribution in [3.05, 3.63) is 84.0 Å². The van der Waals surface area contributed by atoms with Gasteiger partial charge >= 0.3 is 6.11 Å². The van der Waals surface area contributed by atoms with Crippen molar-refractivity contribution >= 4 is 0 Å². The Labute approximate surface area is 217 Å². The third-order valence-corrected chi connectivity index (χ3v) is 7.75. The van der Waals surface area contributed by atoms with Crippen LogP contribution >= 0.6 is 0 Å². The number of rotatable bonds is 9. The third kappa shape index (κ3) is 7.62. The molecule has 2 aliphatic carbocycles. The minimum atomic E-state index is -3.41. The van der Waals surface area contributed by atoms with E-state index in [1.807, 2.05) is 31.2 Å². The van der Waals surface area contributed by atoms with E-state index in [-0.39, 0.29) is 5.75 Å². The zero-order valence-corrected chi connectivity index (χ0v) is 21.4. The van der Waals surface area contributed by atoms with Gasteiger partial charge in [0.05, 0.1) is 5.92 Å². The van der Waals surface area contributed by atoms with Gasteiger partial charge < -0.3 is 9.47 Å². The molecular weight excluding hydrogens is 480 g/mol. The predicted octanol–water partition coefficient (Wildman–Crippen LogP) is 9.23. The zero-order chi connectivity index (χ0) is 26.3. The summed E-state index contributed by atoms with van der Waals surface area (Å²) in [6, 6.07) is 11.0. The van der Waals surface area contributed by atoms with E-state index in [0.29, 0.717) is 56.1 Å². The summed E-state index contributed by atoms with van der Waals surface area (Å²) in [5, 5.41) is 0. The van der Waals surface area contributed by atoms with Gasteiger partial charge in [0, 0.05) is 6.07 Å². The average Bonchev–Trinajstić information content (AvgIpc) is 2.91. The van der Waals surface area contributed by atoms with E-state index < -0.39 is 23.7 Å². The molecule has 0 saturated heterocycles. The summed E-state index contributed by atoms with van der Waals surface area (Å²) in [7, 11) is 0.